The molecule has 8 heteroatoms. The first-order chi connectivity index (χ1) is 14.7. The zero-order valence-electron chi connectivity index (χ0n) is 17.0. The molecule has 1 aliphatic rings. The van der Waals surface area contributed by atoms with Gasteiger partial charge >= 0.3 is 0 Å². The summed E-state index contributed by atoms with van der Waals surface area (Å²) < 4.78 is 55.8. The van der Waals surface area contributed by atoms with Crippen LogP contribution in [0.15, 0.2) is 88.7 Å². The SMILES string of the molecule is CC(NS(=O)(=O)c1cccc(S(=O)(=O)NC2CC2)c1)c1ccc(-c2ccccc2)cc1. The molecule has 1 unspecified atom stereocenters. The molecular formula is C23H24N2O4S2. The van der Waals surface area contributed by atoms with E-state index in [0.29, 0.717) is 0 Å². The predicted molar refractivity (Wildman–Crippen MR) is 120 cm³/mol. The lowest BCUT2D eigenvalue weighted by Gasteiger charge is -2.16. The maximum absolute atomic E-state index is 12.9. The van der Waals surface area contributed by atoms with Crippen LogP contribution in [-0.4, -0.2) is 22.9 Å². The summed E-state index contributed by atoms with van der Waals surface area (Å²) in [6.07, 6.45) is 1.61. The Bertz CT molecular complexity index is 1270. The molecule has 6 nitrogen and oxygen atoms in total. The summed E-state index contributed by atoms with van der Waals surface area (Å²) in [6.45, 7) is 1.75. The van der Waals surface area contributed by atoms with Gasteiger partial charge in [0.25, 0.3) is 0 Å². The van der Waals surface area contributed by atoms with Crippen LogP contribution in [0.5, 0.6) is 0 Å². The third-order valence-corrected chi connectivity index (χ3v) is 8.23. The second kappa shape index (κ2) is 8.55. The minimum Gasteiger partial charge on any atom is -0.208 e. The highest BCUT2D eigenvalue weighted by molar-refractivity contribution is 7.90. The summed E-state index contributed by atoms with van der Waals surface area (Å²) in [5.74, 6) is 0. The minimum absolute atomic E-state index is 0.0535. The van der Waals surface area contributed by atoms with E-state index in [0.717, 1.165) is 29.5 Å². The zero-order valence-corrected chi connectivity index (χ0v) is 18.7. The number of sulfonamides is 2. The molecule has 0 aromatic heterocycles. The molecule has 0 saturated heterocycles. The highest BCUT2D eigenvalue weighted by Gasteiger charge is 2.29. The van der Waals surface area contributed by atoms with Gasteiger partial charge in [-0.2, -0.15) is 0 Å². The molecule has 2 N–H and O–H groups in total. The normalized spacial score (nSPS) is 15.5. The number of hydrogen-bond donors (Lipinski definition) is 2. The van der Waals surface area contributed by atoms with Crippen molar-refractivity contribution in [3.8, 4) is 11.1 Å². The van der Waals surface area contributed by atoms with Gasteiger partial charge in [0.1, 0.15) is 0 Å². The Kier molecular flexibility index (Phi) is 5.98. The molecule has 3 aromatic rings. The van der Waals surface area contributed by atoms with Gasteiger partial charge in [-0.05, 0) is 54.7 Å². The van der Waals surface area contributed by atoms with E-state index in [-0.39, 0.29) is 15.8 Å². The lowest BCUT2D eigenvalue weighted by Crippen LogP contribution is -2.28. The van der Waals surface area contributed by atoms with Crippen LogP contribution in [-0.2, 0) is 20.0 Å². The summed E-state index contributed by atoms with van der Waals surface area (Å²) in [7, 11) is -7.64. The van der Waals surface area contributed by atoms with Gasteiger partial charge in [0.15, 0.2) is 0 Å². The third kappa shape index (κ3) is 5.22. The van der Waals surface area contributed by atoms with Gasteiger partial charge in [0.05, 0.1) is 9.79 Å². The van der Waals surface area contributed by atoms with E-state index in [4.69, 9.17) is 0 Å². The van der Waals surface area contributed by atoms with Crippen molar-refractivity contribution < 1.29 is 16.8 Å². The van der Waals surface area contributed by atoms with Crippen molar-refractivity contribution in [1.29, 1.82) is 0 Å². The van der Waals surface area contributed by atoms with Gasteiger partial charge in [-0.25, -0.2) is 26.3 Å². The fraction of sp³-hybridized carbons (Fsp3) is 0.217. The maximum Gasteiger partial charge on any atom is 0.241 e. The van der Waals surface area contributed by atoms with Crippen LogP contribution in [0, 0.1) is 0 Å². The summed E-state index contributed by atoms with van der Waals surface area (Å²) in [4.78, 5) is -0.138. The van der Waals surface area contributed by atoms with E-state index < -0.39 is 26.1 Å². The number of rotatable bonds is 8. The first-order valence-electron chi connectivity index (χ1n) is 10.0. The second-order valence-corrected chi connectivity index (χ2v) is 11.1. The van der Waals surface area contributed by atoms with Crippen LogP contribution in [0.2, 0.25) is 0 Å². The van der Waals surface area contributed by atoms with Crippen molar-refractivity contribution in [3.63, 3.8) is 0 Å². The molecule has 0 heterocycles. The van der Waals surface area contributed by atoms with Gasteiger partial charge in [-0.3, -0.25) is 0 Å². The summed E-state index contributed by atoms with van der Waals surface area (Å²) in [5, 5.41) is 0. The molecule has 0 amide bonds. The van der Waals surface area contributed by atoms with Crippen molar-refractivity contribution >= 4 is 20.0 Å². The molecule has 1 aliphatic carbocycles. The standard InChI is InChI=1S/C23H24N2O4S2/c1-17(18-10-12-20(13-11-18)19-6-3-2-4-7-19)24-30(26,27)22-8-5-9-23(16-22)31(28,29)25-21-14-15-21/h2-13,16-17,21,24-25H,14-15H2,1H3. The molecule has 1 fully saturated rings. The Labute approximate surface area is 183 Å². The van der Waals surface area contributed by atoms with E-state index in [1.54, 1.807) is 6.92 Å². The number of hydrogen-bond acceptors (Lipinski definition) is 4. The van der Waals surface area contributed by atoms with Gasteiger partial charge in [-0.1, -0.05) is 60.7 Å². The second-order valence-electron chi connectivity index (χ2n) is 7.70. The molecular weight excluding hydrogens is 432 g/mol. The fourth-order valence-electron chi connectivity index (χ4n) is 3.26. The van der Waals surface area contributed by atoms with Crippen molar-refractivity contribution in [2.75, 3.05) is 0 Å². The molecule has 1 saturated carbocycles. The number of nitrogens with one attached hydrogen (secondary N) is 2. The molecule has 0 bridgehead atoms. The fourth-order valence-corrected chi connectivity index (χ4v) is 5.96. The molecule has 4 rings (SSSR count). The van der Waals surface area contributed by atoms with Crippen LogP contribution in [0.4, 0.5) is 0 Å². The van der Waals surface area contributed by atoms with Crippen LogP contribution in [0.25, 0.3) is 11.1 Å². The van der Waals surface area contributed by atoms with Crippen molar-refractivity contribution in [1.82, 2.24) is 9.44 Å². The Balaban J connectivity index is 1.51. The van der Waals surface area contributed by atoms with Crippen LogP contribution in [0.3, 0.4) is 0 Å². The van der Waals surface area contributed by atoms with Gasteiger partial charge in [0.2, 0.25) is 20.0 Å². The van der Waals surface area contributed by atoms with Gasteiger partial charge < -0.3 is 0 Å². The summed E-state index contributed by atoms with van der Waals surface area (Å²) >= 11 is 0. The quantitative estimate of drug-likeness (QED) is 0.539. The Morgan fingerprint density at radius 1 is 0.742 bits per heavy atom. The van der Waals surface area contributed by atoms with Crippen molar-refractivity contribution in [3.05, 3.63) is 84.4 Å². The highest BCUT2D eigenvalue weighted by Crippen LogP contribution is 2.25. The first kappa shape index (κ1) is 21.7. The number of benzene rings is 3. The molecule has 0 spiro atoms. The lowest BCUT2D eigenvalue weighted by atomic mass is 10.0. The van der Waals surface area contributed by atoms with Gasteiger partial charge in [0, 0.05) is 12.1 Å². The topological polar surface area (TPSA) is 92.3 Å². The predicted octanol–water partition coefficient (Wildman–Crippen LogP) is 3.83. The van der Waals surface area contributed by atoms with E-state index in [9.17, 15) is 16.8 Å². The largest absolute Gasteiger partial charge is 0.241 e. The zero-order chi connectivity index (χ0) is 22.1. The molecule has 0 aliphatic heterocycles. The van der Waals surface area contributed by atoms with Crippen LogP contribution in [0.1, 0.15) is 31.4 Å². The summed E-state index contributed by atoms with van der Waals surface area (Å²) in [5.41, 5.74) is 2.93. The highest BCUT2D eigenvalue weighted by atomic mass is 32.2. The van der Waals surface area contributed by atoms with E-state index in [2.05, 4.69) is 9.44 Å². The van der Waals surface area contributed by atoms with E-state index in [1.807, 2.05) is 54.6 Å². The van der Waals surface area contributed by atoms with E-state index >= 15 is 0 Å². The average Bonchev–Trinajstić information content (AvgIpc) is 3.58. The monoisotopic (exact) mass is 456 g/mol. The Morgan fingerprint density at radius 3 is 1.94 bits per heavy atom. The van der Waals surface area contributed by atoms with Gasteiger partial charge in [-0.15, -0.1) is 0 Å². The first-order valence-corrected chi connectivity index (χ1v) is 13.0. The molecule has 31 heavy (non-hydrogen) atoms. The summed E-state index contributed by atoms with van der Waals surface area (Å²) in [6, 6.07) is 22.5. The minimum atomic E-state index is -3.91. The lowest BCUT2D eigenvalue weighted by molar-refractivity contribution is 0.566. The Morgan fingerprint density at radius 2 is 1.32 bits per heavy atom. The van der Waals surface area contributed by atoms with Crippen LogP contribution < -0.4 is 9.44 Å². The smallest absolute Gasteiger partial charge is 0.208 e. The van der Waals surface area contributed by atoms with Crippen molar-refractivity contribution in [2.24, 2.45) is 0 Å². The Hall–Kier alpha value is -2.52. The molecule has 0 radical (unpaired) electrons. The maximum atomic E-state index is 12.9. The molecule has 162 valence electrons. The van der Waals surface area contributed by atoms with E-state index in [1.165, 1.54) is 24.3 Å². The average molecular weight is 457 g/mol. The van der Waals surface area contributed by atoms with Crippen LogP contribution >= 0.6 is 0 Å². The molecule has 1 atom stereocenters. The third-order valence-electron chi connectivity index (χ3n) is 5.18. The molecule has 3 aromatic carbocycles. The van der Waals surface area contributed by atoms with Crippen molar-refractivity contribution in [2.45, 2.75) is 41.6 Å².